The zero-order chi connectivity index (χ0) is 12.5. The van der Waals surface area contributed by atoms with E-state index in [0.29, 0.717) is 23.7 Å². The predicted octanol–water partition coefficient (Wildman–Crippen LogP) is 3.67. The summed E-state index contributed by atoms with van der Waals surface area (Å²) in [5.74, 6) is -0.0129. The number of nitriles is 1. The minimum atomic E-state index is -0.702. The van der Waals surface area contributed by atoms with E-state index in [4.69, 9.17) is 5.26 Å². The molecule has 0 spiro atoms. The van der Waals surface area contributed by atoms with Gasteiger partial charge in [0.25, 0.3) is 0 Å². The third-order valence-corrected chi connectivity index (χ3v) is 3.90. The number of thioether (sulfide) groups is 1. The number of rotatable bonds is 4. The van der Waals surface area contributed by atoms with Crippen molar-refractivity contribution in [2.75, 3.05) is 0 Å². The number of hydrogen-bond acceptors (Lipinski definition) is 3. The Morgan fingerprint density at radius 3 is 2.35 bits per heavy atom. The molecule has 0 unspecified atom stereocenters. The van der Waals surface area contributed by atoms with Crippen LogP contribution in [0.25, 0.3) is 0 Å². The minimum Gasteiger partial charge on any atom is -0.292 e. The standard InChI is InChI=1S/C14H15NOS/c1-10(2)17-12-5-3-11(4-6-12)13(16)14(9-15)7-8-14/h3-6,10H,7-8H2,1-2H3. The molecule has 1 fully saturated rings. The molecule has 17 heavy (non-hydrogen) atoms. The van der Waals surface area contributed by atoms with Gasteiger partial charge in [-0.2, -0.15) is 5.26 Å². The first-order valence-electron chi connectivity index (χ1n) is 5.80. The average Bonchev–Trinajstić information content (AvgIpc) is 3.09. The largest absolute Gasteiger partial charge is 0.292 e. The highest BCUT2D eigenvalue weighted by Gasteiger charge is 2.50. The quantitative estimate of drug-likeness (QED) is 0.600. The Balaban J connectivity index is 2.14. The van der Waals surface area contributed by atoms with Crippen LogP contribution in [0.1, 0.15) is 37.0 Å². The van der Waals surface area contributed by atoms with Crippen LogP contribution in [0.15, 0.2) is 29.2 Å². The lowest BCUT2D eigenvalue weighted by Crippen LogP contribution is -2.13. The maximum absolute atomic E-state index is 12.1. The van der Waals surface area contributed by atoms with Crippen LogP contribution in [0, 0.1) is 16.7 Å². The Hall–Kier alpha value is -1.27. The lowest BCUT2D eigenvalue weighted by molar-refractivity contribution is 0.0934. The fourth-order valence-electron chi connectivity index (χ4n) is 1.75. The first-order chi connectivity index (χ1) is 8.07. The van der Waals surface area contributed by atoms with E-state index in [1.165, 1.54) is 4.90 Å². The van der Waals surface area contributed by atoms with Gasteiger partial charge in [0.1, 0.15) is 5.41 Å². The van der Waals surface area contributed by atoms with Crippen molar-refractivity contribution >= 4 is 17.5 Å². The summed E-state index contributed by atoms with van der Waals surface area (Å²) in [5.41, 5.74) is -0.0376. The second-order valence-electron chi connectivity index (χ2n) is 4.71. The molecule has 1 aliphatic rings. The number of nitrogens with zero attached hydrogens (tertiary/aromatic N) is 1. The van der Waals surface area contributed by atoms with Gasteiger partial charge in [-0.3, -0.25) is 4.79 Å². The molecule has 0 aliphatic heterocycles. The molecule has 0 bridgehead atoms. The molecule has 3 heteroatoms. The van der Waals surface area contributed by atoms with E-state index in [1.54, 1.807) is 11.8 Å². The van der Waals surface area contributed by atoms with Gasteiger partial charge in [-0.1, -0.05) is 26.0 Å². The molecule has 1 aromatic rings. The second-order valence-corrected chi connectivity index (χ2v) is 6.36. The molecule has 2 nitrogen and oxygen atoms in total. The van der Waals surface area contributed by atoms with Crippen molar-refractivity contribution in [3.8, 4) is 6.07 Å². The smallest absolute Gasteiger partial charge is 0.183 e. The summed E-state index contributed by atoms with van der Waals surface area (Å²) in [6.45, 7) is 4.28. The van der Waals surface area contributed by atoms with Gasteiger partial charge in [0.15, 0.2) is 5.78 Å². The van der Waals surface area contributed by atoms with Gasteiger partial charge in [0.2, 0.25) is 0 Å². The lowest BCUT2D eigenvalue weighted by atomic mass is 9.96. The highest BCUT2D eigenvalue weighted by atomic mass is 32.2. The summed E-state index contributed by atoms with van der Waals surface area (Å²) in [6, 6.07) is 9.75. The maximum atomic E-state index is 12.1. The molecule has 0 radical (unpaired) electrons. The van der Waals surface area contributed by atoms with Crippen LogP contribution in [-0.2, 0) is 0 Å². The summed E-state index contributed by atoms with van der Waals surface area (Å²) >= 11 is 1.77. The van der Waals surface area contributed by atoms with E-state index < -0.39 is 5.41 Å². The van der Waals surface area contributed by atoms with Crippen molar-refractivity contribution in [1.29, 1.82) is 5.26 Å². The molecular weight excluding hydrogens is 230 g/mol. The Kier molecular flexibility index (Phi) is 3.26. The molecule has 0 amide bonds. The average molecular weight is 245 g/mol. The van der Waals surface area contributed by atoms with E-state index >= 15 is 0 Å². The van der Waals surface area contributed by atoms with Gasteiger partial charge in [-0.15, -0.1) is 11.8 Å². The van der Waals surface area contributed by atoms with Crippen LogP contribution in [0.5, 0.6) is 0 Å². The number of hydrogen-bond donors (Lipinski definition) is 0. The van der Waals surface area contributed by atoms with E-state index in [0.717, 1.165) is 0 Å². The molecule has 0 saturated heterocycles. The van der Waals surface area contributed by atoms with Crippen molar-refractivity contribution in [2.24, 2.45) is 5.41 Å². The molecule has 0 heterocycles. The zero-order valence-electron chi connectivity index (χ0n) is 10.1. The topological polar surface area (TPSA) is 40.9 Å². The van der Waals surface area contributed by atoms with Crippen molar-refractivity contribution in [3.63, 3.8) is 0 Å². The van der Waals surface area contributed by atoms with Crippen molar-refractivity contribution in [1.82, 2.24) is 0 Å². The number of carbonyl (C=O) groups is 1. The molecule has 0 aromatic heterocycles. The number of benzene rings is 1. The monoisotopic (exact) mass is 245 g/mol. The molecule has 88 valence electrons. The second kappa shape index (κ2) is 4.54. The Labute approximate surface area is 106 Å². The molecule has 1 saturated carbocycles. The predicted molar refractivity (Wildman–Crippen MR) is 69.0 cm³/mol. The van der Waals surface area contributed by atoms with Gasteiger partial charge in [0, 0.05) is 15.7 Å². The van der Waals surface area contributed by atoms with Gasteiger partial charge in [0.05, 0.1) is 6.07 Å². The van der Waals surface area contributed by atoms with Crippen LogP contribution in [0.2, 0.25) is 0 Å². The minimum absolute atomic E-state index is 0.0129. The van der Waals surface area contributed by atoms with Gasteiger partial charge in [-0.05, 0) is 25.0 Å². The fraction of sp³-hybridized carbons (Fsp3) is 0.429. The van der Waals surface area contributed by atoms with E-state index in [9.17, 15) is 4.79 Å². The Morgan fingerprint density at radius 2 is 1.94 bits per heavy atom. The normalized spacial score (nSPS) is 16.6. The summed E-state index contributed by atoms with van der Waals surface area (Å²) in [6.07, 6.45) is 1.43. The van der Waals surface area contributed by atoms with Crippen molar-refractivity contribution in [3.05, 3.63) is 29.8 Å². The zero-order valence-corrected chi connectivity index (χ0v) is 10.9. The van der Waals surface area contributed by atoms with Crippen LogP contribution in [0.4, 0.5) is 0 Å². The highest BCUT2D eigenvalue weighted by molar-refractivity contribution is 7.99. The molecule has 1 aromatic carbocycles. The molecular formula is C14H15NOS. The van der Waals surface area contributed by atoms with Crippen LogP contribution < -0.4 is 0 Å². The van der Waals surface area contributed by atoms with E-state index in [-0.39, 0.29) is 5.78 Å². The van der Waals surface area contributed by atoms with Crippen LogP contribution >= 0.6 is 11.8 Å². The summed E-state index contributed by atoms with van der Waals surface area (Å²) in [4.78, 5) is 13.2. The third kappa shape index (κ3) is 2.53. The van der Waals surface area contributed by atoms with Crippen molar-refractivity contribution < 1.29 is 4.79 Å². The first-order valence-corrected chi connectivity index (χ1v) is 6.68. The summed E-state index contributed by atoms with van der Waals surface area (Å²) in [5, 5.41) is 9.52. The lowest BCUT2D eigenvalue weighted by Gasteiger charge is -2.07. The van der Waals surface area contributed by atoms with Crippen LogP contribution in [-0.4, -0.2) is 11.0 Å². The third-order valence-electron chi connectivity index (χ3n) is 2.89. The Bertz CT molecular complexity index is 466. The fourth-order valence-corrected chi connectivity index (χ4v) is 2.59. The van der Waals surface area contributed by atoms with Gasteiger partial charge in [-0.25, -0.2) is 0 Å². The molecule has 0 atom stereocenters. The van der Waals surface area contributed by atoms with E-state index in [1.807, 2.05) is 24.3 Å². The van der Waals surface area contributed by atoms with Crippen molar-refractivity contribution in [2.45, 2.75) is 36.8 Å². The summed E-state index contributed by atoms with van der Waals surface area (Å²) in [7, 11) is 0. The van der Waals surface area contributed by atoms with E-state index in [2.05, 4.69) is 19.9 Å². The molecule has 0 N–H and O–H groups in total. The number of carbonyl (C=O) groups excluding carboxylic acids is 1. The SMILES string of the molecule is CC(C)Sc1ccc(C(=O)C2(C#N)CC2)cc1. The first kappa shape index (κ1) is 12.2. The number of ketones is 1. The van der Waals surface area contributed by atoms with Crippen LogP contribution in [0.3, 0.4) is 0 Å². The number of Topliss-reactive ketones (excluding diaryl/α,β-unsaturated/α-hetero) is 1. The summed E-state index contributed by atoms with van der Waals surface area (Å²) < 4.78 is 0. The van der Waals surface area contributed by atoms with Gasteiger partial charge < -0.3 is 0 Å². The molecule has 1 aliphatic carbocycles. The molecule has 2 rings (SSSR count). The van der Waals surface area contributed by atoms with Gasteiger partial charge >= 0.3 is 0 Å². The highest BCUT2D eigenvalue weighted by Crippen LogP contribution is 2.47. The Morgan fingerprint density at radius 1 is 1.35 bits per heavy atom. The maximum Gasteiger partial charge on any atom is 0.183 e.